The highest BCUT2D eigenvalue weighted by molar-refractivity contribution is 8.01. The zero-order valence-corrected chi connectivity index (χ0v) is 15.7. The van der Waals surface area contributed by atoms with Crippen molar-refractivity contribution in [1.82, 2.24) is 15.2 Å². The number of amides is 1. The third-order valence-electron chi connectivity index (χ3n) is 4.08. The van der Waals surface area contributed by atoms with Crippen molar-refractivity contribution in [3.63, 3.8) is 0 Å². The molecule has 2 aromatic heterocycles. The van der Waals surface area contributed by atoms with Crippen LogP contribution in [-0.2, 0) is 4.79 Å². The second-order valence-corrected chi connectivity index (χ2v) is 7.94. The van der Waals surface area contributed by atoms with E-state index in [1.54, 1.807) is 16.8 Å². The van der Waals surface area contributed by atoms with Gasteiger partial charge >= 0.3 is 0 Å². The maximum Gasteiger partial charge on any atom is 0.253 e. The maximum absolute atomic E-state index is 12.8. The lowest BCUT2D eigenvalue weighted by Crippen LogP contribution is -2.28. The molecule has 0 N–H and O–H groups in total. The summed E-state index contributed by atoms with van der Waals surface area (Å²) in [7, 11) is 0. The fourth-order valence-corrected chi connectivity index (χ4v) is 4.12. The number of aryl methyl sites for hydroxylation is 1. The number of thioether (sulfide) groups is 1. The number of hydrazone groups is 1. The zero-order valence-electron chi connectivity index (χ0n) is 14.0. The molecule has 0 saturated heterocycles. The van der Waals surface area contributed by atoms with Gasteiger partial charge in [-0.25, -0.2) is 5.01 Å². The van der Waals surface area contributed by atoms with E-state index >= 15 is 0 Å². The Morgan fingerprint density at radius 3 is 2.88 bits per heavy atom. The normalized spacial score (nSPS) is 16.7. The van der Waals surface area contributed by atoms with Crippen molar-refractivity contribution < 1.29 is 9.21 Å². The molecule has 0 saturated carbocycles. The molecule has 1 aliphatic heterocycles. The van der Waals surface area contributed by atoms with Gasteiger partial charge in [-0.1, -0.05) is 52.9 Å². The van der Waals surface area contributed by atoms with Crippen LogP contribution in [0.25, 0.3) is 0 Å². The summed E-state index contributed by atoms with van der Waals surface area (Å²) < 4.78 is 6.33. The van der Waals surface area contributed by atoms with E-state index in [-0.39, 0.29) is 17.7 Å². The fraction of sp³-hybridized carbons (Fsp3) is 0.222. The van der Waals surface area contributed by atoms with E-state index in [0.29, 0.717) is 6.42 Å². The Morgan fingerprint density at radius 1 is 1.35 bits per heavy atom. The predicted molar refractivity (Wildman–Crippen MR) is 101 cm³/mol. The van der Waals surface area contributed by atoms with Gasteiger partial charge in [0.25, 0.3) is 5.91 Å². The molecule has 0 spiro atoms. The summed E-state index contributed by atoms with van der Waals surface area (Å²) in [6.07, 6.45) is 2.25. The first-order valence-corrected chi connectivity index (χ1v) is 9.96. The average Bonchev–Trinajstić information content (AvgIpc) is 3.41. The van der Waals surface area contributed by atoms with Crippen LogP contribution in [0, 0.1) is 6.92 Å². The van der Waals surface area contributed by atoms with Crippen molar-refractivity contribution in [2.75, 3.05) is 5.75 Å². The van der Waals surface area contributed by atoms with Crippen LogP contribution in [0.15, 0.2) is 62.0 Å². The minimum Gasteiger partial charge on any atom is -0.467 e. The Morgan fingerprint density at radius 2 is 2.19 bits per heavy atom. The number of carbonyl (C=O) groups excluding carboxylic acids is 1. The molecule has 0 radical (unpaired) electrons. The number of hydrogen-bond acceptors (Lipinski definition) is 7. The number of nitrogens with zero attached hydrogens (tertiary/aromatic N) is 4. The first-order valence-electron chi connectivity index (χ1n) is 8.09. The number of furan rings is 1. The van der Waals surface area contributed by atoms with Gasteiger partial charge in [0.15, 0.2) is 4.34 Å². The Hall–Kier alpha value is -2.45. The summed E-state index contributed by atoms with van der Waals surface area (Å²) >= 11 is 2.79. The molecule has 26 heavy (non-hydrogen) atoms. The van der Waals surface area contributed by atoms with Gasteiger partial charge in [0.05, 0.1) is 17.7 Å². The zero-order chi connectivity index (χ0) is 17.9. The molecule has 0 unspecified atom stereocenters. The monoisotopic (exact) mass is 384 g/mol. The van der Waals surface area contributed by atoms with Gasteiger partial charge in [0.1, 0.15) is 17.3 Å². The smallest absolute Gasteiger partial charge is 0.253 e. The summed E-state index contributed by atoms with van der Waals surface area (Å²) in [5.41, 5.74) is 4.76. The number of carbonyl (C=O) groups is 1. The fourth-order valence-electron chi connectivity index (χ4n) is 2.78. The molecule has 1 aromatic carbocycles. The number of rotatable bonds is 5. The Kier molecular flexibility index (Phi) is 4.85. The largest absolute Gasteiger partial charge is 0.467 e. The third-order valence-corrected chi connectivity index (χ3v) is 5.93. The third kappa shape index (κ3) is 3.56. The second kappa shape index (κ2) is 7.43. The van der Waals surface area contributed by atoms with Gasteiger partial charge in [-0.05, 0) is 24.6 Å². The Labute approximate surface area is 158 Å². The van der Waals surface area contributed by atoms with E-state index in [9.17, 15) is 4.79 Å². The highest BCUT2D eigenvalue weighted by atomic mass is 32.2. The topological polar surface area (TPSA) is 71.6 Å². The summed E-state index contributed by atoms with van der Waals surface area (Å²) in [4.78, 5) is 12.8. The lowest BCUT2D eigenvalue weighted by atomic mass is 10.0. The minimum atomic E-state index is -0.219. The Bertz CT molecular complexity index is 905. The number of benzene rings is 1. The van der Waals surface area contributed by atoms with Crippen molar-refractivity contribution >= 4 is 34.7 Å². The highest BCUT2D eigenvalue weighted by Gasteiger charge is 2.34. The van der Waals surface area contributed by atoms with Crippen LogP contribution >= 0.6 is 23.1 Å². The molecule has 8 heteroatoms. The highest BCUT2D eigenvalue weighted by Crippen LogP contribution is 2.34. The lowest BCUT2D eigenvalue weighted by Gasteiger charge is -2.19. The molecule has 3 aromatic rings. The van der Waals surface area contributed by atoms with Crippen LogP contribution < -0.4 is 0 Å². The molecule has 4 rings (SSSR count). The van der Waals surface area contributed by atoms with Gasteiger partial charge in [-0.15, -0.1) is 10.2 Å². The van der Waals surface area contributed by atoms with Crippen LogP contribution in [0.1, 0.15) is 29.3 Å². The average molecular weight is 384 g/mol. The van der Waals surface area contributed by atoms with Gasteiger partial charge in [-0.3, -0.25) is 4.79 Å². The molecule has 1 amide bonds. The lowest BCUT2D eigenvalue weighted by molar-refractivity contribution is -0.130. The molecule has 0 fully saturated rings. The molecule has 1 atom stereocenters. The van der Waals surface area contributed by atoms with Gasteiger partial charge in [0, 0.05) is 6.42 Å². The molecule has 0 aliphatic carbocycles. The van der Waals surface area contributed by atoms with E-state index in [4.69, 9.17) is 4.42 Å². The standard InChI is InChI=1S/C18H16N4O2S2/c1-12-4-6-13(7-5-12)14-9-15(16-3-2-8-24-16)22(21-14)17(23)10-25-18-20-19-11-26-18/h2-8,11,15H,9-10H2,1H3/t15-/m1/s1. The second-order valence-electron chi connectivity index (χ2n) is 5.88. The van der Waals surface area contributed by atoms with E-state index in [2.05, 4.69) is 27.4 Å². The van der Waals surface area contributed by atoms with Crippen molar-refractivity contribution in [3.8, 4) is 0 Å². The van der Waals surface area contributed by atoms with Gasteiger partial charge < -0.3 is 4.42 Å². The minimum absolute atomic E-state index is 0.0753. The summed E-state index contributed by atoms with van der Waals surface area (Å²) in [5.74, 6) is 0.927. The van der Waals surface area contributed by atoms with Crippen LogP contribution in [0.4, 0.5) is 0 Å². The van der Waals surface area contributed by atoms with E-state index in [0.717, 1.165) is 21.4 Å². The van der Waals surface area contributed by atoms with Crippen molar-refractivity contribution in [1.29, 1.82) is 0 Å². The first kappa shape index (κ1) is 17.0. The van der Waals surface area contributed by atoms with Crippen LogP contribution in [0.5, 0.6) is 0 Å². The molecular weight excluding hydrogens is 368 g/mol. The quantitative estimate of drug-likeness (QED) is 0.624. The first-order chi connectivity index (χ1) is 12.7. The molecule has 132 valence electrons. The van der Waals surface area contributed by atoms with Crippen LogP contribution in [0.2, 0.25) is 0 Å². The van der Waals surface area contributed by atoms with Gasteiger partial charge in [-0.2, -0.15) is 5.10 Å². The van der Waals surface area contributed by atoms with E-state index in [1.807, 2.05) is 31.2 Å². The maximum atomic E-state index is 12.8. The van der Waals surface area contributed by atoms with Gasteiger partial charge in [0.2, 0.25) is 0 Å². The SMILES string of the molecule is Cc1ccc(C2=NN(C(=O)CSc3nncs3)[C@@H](c3ccco3)C2)cc1. The number of aromatic nitrogens is 2. The molecule has 3 heterocycles. The van der Waals surface area contributed by atoms with Crippen LogP contribution in [0.3, 0.4) is 0 Å². The number of hydrogen-bond donors (Lipinski definition) is 0. The van der Waals surface area contributed by atoms with E-state index < -0.39 is 0 Å². The Balaban J connectivity index is 1.57. The van der Waals surface area contributed by atoms with E-state index in [1.165, 1.54) is 28.7 Å². The summed E-state index contributed by atoms with van der Waals surface area (Å²) in [6, 6.07) is 11.7. The summed E-state index contributed by atoms with van der Waals surface area (Å²) in [5, 5.41) is 13.9. The molecule has 6 nitrogen and oxygen atoms in total. The van der Waals surface area contributed by atoms with Crippen LogP contribution in [-0.4, -0.2) is 32.6 Å². The van der Waals surface area contributed by atoms with Crippen molar-refractivity contribution in [2.24, 2.45) is 5.10 Å². The summed E-state index contributed by atoms with van der Waals surface area (Å²) in [6.45, 7) is 2.05. The van der Waals surface area contributed by atoms with Crippen molar-refractivity contribution in [2.45, 2.75) is 23.7 Å². The molecule has 1 aliphatic rings. The van der Waals surface area contributed by atoms with Crippen molar-refractivity contribution in [3.05, 3.63) is 65.1 Å². The molecular formula is C18H16N4O2S2. The predicted octanol–water partition coefficient (Wildman–Crippen LogP) is 3.91. The molecule has 0 bridgehead atoms.